The Morgan fingerprint density at radius 1 is 0.950 bits per heavy atom. The number of ether oxygens (including phenoxy) is 3. The minimum absolute atomic E-state index is 0.568. The van der Waals surface area contributed by atoms with Crippen molar-refractivity contribution < 1.29 is 14.2 Å². The summed E-state index contributed by atoms with van der Waals surface area (Å²) >= 11 is 0. The van der Waals surface area contributed by atoms with Crippen molar-refractivity contribution in [3.8, 4) is 5.75 Å². The molecule has 114 valence electrons. The molecule has 0 atom stereocenters. The van der Waals surface area contributed by atoms with E-state index in [4.69, 9.17) is 14.2 Å². The fraction of sp³-hybridized carbons (Fsp3) is 0.625. The molecule has 0 unspecified atom stereocenters. The maximum atomic E-state index is 5.66. The lowest BCUT2D eigenvalue weighted by molar-refractivity contribution is 0.0366. The van der Waals surface area contributed by atoms with Crippen molar-refractivity contribution in [2.45, 2.75) is 26.8 Å². The molecule has 0 radical (unpaired) electrons. The monoisotopic (exact) mass is 281 g/mol. The van der Waals surface area contributed by atoms with Gasteiger partial charge in [-0.05, 0) is 30.7 Å². The van der Waals surface area contributed by atoms with Crippen LogP contribution in [0.5, 0.6) is 5.75 Å². The zero-order chi connectivity index (χ0) is 14.5. The standard InChI is InChI=1S/C16H27NO3/c1-3-8-18-9-10-19-11-12-20-16-7-5-6-15(13-16)14-17-4-2/h5-7,13,17H,3-4,8-12,14H2,1-2H3. The van der Waals surface area contributed by atoms with Gasteiger partial charge in [0.05, 0.1) is 19.8 Å². The molecule has 0 aliphatic rings. The quantitative estimate of drug-likeness (QED) is 0.598. The van der Waals surface area contributed by atoms with Crippen LogP contribution >= 0.6 is 0 Å². The van der Waals surface area contributed by atoms with Crippen molar-refractivity contribution >= 4 is 0 Å². The highest BCUT2D eigenvalue weighted by molar-refractivity contribution is 5.28. The Kier molecular flexibility index (Phi) is 9.92. The molecule has 1 aromatic rings. The molecule has 0 bridgehead atoms. The van der Waals surface area contributed by atoms with E-state index in [0.29, 0.717) is 26.4 Å². The Labute approximate surface area is 122 Å². The Morgan fingerprint density at radius 3 is 2.45 bits per heavy atom. The summed E-state index contributed by atoms with van der Waals surface area (Å²) in [6.45, 7) is 9.29. The fourth-order valence-electron chi connectivity index (χ4n) is 1.70. The van der Waals surface area contributed by atoms with Gasteiger partial charge in [-0.1, -0.05) is 26.0 Å². The van der Waals surface area contributed by atoms with Crippen molar-refractivity contribution in [1.29, 1.82) is 0 Å². The lowest BCUT2D eigenvalue weighted by atomic mass is 10.2. The summed E-state index contributed by atoms with van der Waals surface area (Å²) in [7, 11) is 0. The van der Waals surface area contributed by atoms with Crippen LogP contribution in [0, 0.1) is 0 Å². The van der Waals surface area contributed by atoms with Gasteiger partial charge in [-0.3, -0.25) is 0 Å². The van der Waals surface area contributed by atoms with E-state index in [1.165, 1.54) is 5.56 Å². The second-order valence-corrected chi connectivity index (χ2v) is 4.50. The number of hydrogen-bond donors (Lipinski definition) is 1. The number of benzene rings is 1. The Hall–Kier alpha value is -1.10. The van der Waals surface area contributed by atoms with Gasteiger partial charge >= 0.3 is 0 Å². The lowest BCUT2D eigenvalue weighted by Gasteiger charge is -2.09. The van der Waals surface area contributed by atoms with Crippen LogP contribution in [0.1, 0.15) is 25.8 Å². The molecule has 0 amide bonds. The first-order valence-corrected chi connectivity index (χ1v) is 7.44. The minimum atomic E-state index is 0.568. The molecule has 0 aromatic heterocycles. The molecule has 0 heterocycles. The summed E-state index contributed by atoms with van der Waals surface area (Å²) in [4.78, 5) is 0. The third kappa shape index (κ3) is 8.15. The molecule has 20 heavy (non-hydrogen) atoms. The topological polar surface area (TPSA) is 39.7 Å². The molecule has 1 aromatic carbocycles. The third-order valence-electron chi connectivity index (χ3n) is 2.69. The van der Waals surface area contributed by atoms with Gasteiger partial charge in [-0.25, -0.2) is 0 Å². The minimum Gasteiger partial charge on any atom is -0.491 e. The van der Waals surface area contributed by atoms with E-state index < -0.39 is 0 Å². The van der Waals surface area contributed by atoms with Gasteiger partial charge in [0.15, 0.2) is 0 Å². The maximum Gasteiger partial charge on any atom is 0.119 e. The zero-order valence-corrected chi connectivity index (χ0v) is 12.7. The number of nitrogens with one attached hydrogen (secondary N) is 1. The second-order valence-electron chi connectivity index (χ2n) is 4.50. The average molecular weight is 281 g/mol. The van der Waals surface area contributed by atoms with Crippen molar-refractivity contribution in [3.63, 3.8) is 0 Å². The molecular formula is C16H27NO3. The first-order valence-electron chi connectivity index (χ1n) is 7.44. The van der Waals surface area contributed by atoms with E-state index in [-0.39, 0.29) is 0 Å². The van der Waals surface area contributed by atoms with Gasteiger partial charge in [-0.2, -0.15) is 0 Å². The van der Waals surface area contributed by atoms with Crippen molar-refractivity contribution in [2.75, 3.05) is 39.6 Å². The Bertz CT molecular complexity index is 344. The molecule has 1 N–H and O–H groups in total. The maximum absolute atomic E-state index is 5.66. The van der Waals surface area contributed by atoms with E-state index in [9.17, 15) is 0 Å². The van der Waals surface area contributed by atoms with Gasteiger partial charge in [0.25, 0.3) is 0 Å². The predicted molar refractivity (Wildman–Crippen MR) is 81.2 cm³/mol. The molecule has 0 spiro atoms. The molecular weight excluding hydrogens is 254 g/mol. The van der Waals surface area contributed by atoms with E-state index in [1.807, 2.05) is 12.1 Å². The second kappa shape index (κ2) is 11.7. The van der Waals surface area contributed by atoms with Crippen LogP contribution in [0.25, 0.3) is 0 Å². The summed E-state index contributed by atoms with van der Waals surface area (Å²) in [6, 6.07) is 8.14. The smallest absolute Gasteiger partial charge is 0.119 e. The Balaban J connectivity index is 2.09. The molecule has 0 fully saturated rings. The Morgan fingerprint density at radius 2 is 1.70 bits per heavy atom. The normalized spacial score (nSPS) is 10.7. The predicted octanol–water partition coefficient (Wildman–Crippen LogP) is 2.62. The summed E-state index contributed by atoms with van der Waals surface area (Å²) in [5, 5.41) is 3.30. The molecule has 0 aliphatic heterocycles. The largest absolute Gasteiger partial charge is 0.491 e. The van der Waals surface area contributed by atoms with Gasteiger partial charge in [-0.15, -0.1) is 0 Å². The van der Waals surface area contributed by atoms with E-state index >= 15 is 0 Å². The van der Waals surface area contributed by atoms with Gasteiger partial charge in [0.2, 0.25) is 0 Å². The van der Waals surface area contributed by atoms with Crippen molar-refractivity contribution in [3.05, 3.63) is 29.8 Å². The number of rotatable bonds is 12. The van der Waals surface area contributed by atoms with Crippen LogP contribution in [-0.2, 0) is 16.0 Å². The lowest BCUT2D eigenvalue weighted by Crippen LogP contribution is -2.12. The highest BCUT2D eigenvalue weighted by Crippen LogP contribution is 2.13. The van der Waals surface area contributed by atoms with Crippen molar-refractivity contribution in [2.24, 2.45) is 0 Å². The van der Waals surface area contributed by atoms with E-state index in [2.05, 4.69) is 31.3 Å². The third-order valence-corrected chi connectivity index (χ3v) is 2.69. The van der Waals surface area contributed by atoms with Crippen LogP contribution in [0.2, 0.25) is 0 Å². The van der Waals surface area contributed by atoms with Crippen LogP contribution in [-0.4, -0.2) is 39.6 Å². The molecule has 4 nitrogen and oxygen atoms in total. The first-order chi connectivity index (χ1) is 9.86. The van der Waals surface area contributed by atoms with Crippen molar-refractivity contribution in [1.82, 2.24) is 5.32 Å². The zero-order valence-electron chi connectivity index (χ0n) is 12.7. The molecule has 0 saturated heterocycles. The van der Waals surface area contributed by atoms with E-state index in [1.54, 1.807) is 0 Å². The first kappa shape index (κ1) is 17.0. The molecule has 4 heteroatoms. The van der Waals surface area contributed by atoms with Gasteiger partial charge in [0.1, 0.15) is 12.4 Å². The summed E-state index contributed by atoms with van der Waals surface area (Å²) in [6.07, 6.45) is 1.05. The summed E-state index contributed by atoms with van der Waals surface area (Å²) < 4.78 is 16.4. The van der Waals surface area contributed by atoms with Crippen LogP contribution in [0.15, 0.2) is 24.3 Å². The van der Waals surface area contributed by atoms with E-state index in [0.717, 1.165) is 31.9 Å². The SMILES string of the molecule is CCCOCCOCCOc1cccc(CNCC)c1. The fourth-order valence-corrected chi connectivity index (χ4v) is 1.70. The molecule has 0 saturated carbocycles. The molecule has 1 rings (SSSR count). The highest BCUT2D eigenvalue weighted by Gasteiger charge is 1.97. The summed E-state index contributed by atoms with van der Waals surface area (Å²) in [5.41, 5.74) is 1.23. The van der Waals surface area contributed by atoms with Gasteiger partial charge < -0.3 is 19.5 Å². The number of hydrogen-bond acceptors (Lipinski definition) is 4. The highest BCUT2D eigenvalue weighted by atomic mass is 16.5. The van der Waals surface area contributed by atoms with Crippen LogP contribution in [0.3, 0.4) is 0 Å². The van der Waals surface area contributed by atoms with Crippen LogP contribution < -0.4 is 10.1 Å². The average Bonchev–Trinajstić information content (AvgIpc) is 2.48. The van der Waals surface area contributed by atoms with Crippen LogP contribution in [0.4, 0.5) is 0 Å². The summed E-state index contributed by atoms with van der Waals surface area (Å²) in [5.74, 6) is 0.895. The molecule has 0 aliphatic carbocycles. The van der Waals surface area contributed by atoms with Gasteiger partial charge in [0, 0.05) is 13.2 Å².